The minimum Gasteiger partial charge on any atom is -0.381 e. The quantitative estimate of drug-likeness (QED) is 0.748. The fraction of sp³-hybridized carbons (Fsp3) is 0.417. The molecule has 17 heavy (non-hydrogen) atoms. The molecule has 0 spiro atoms. The van der Waals surface area contributed by atoms with Gasteiger partial charge in [0, 0.05) is 18.1 Å². The number of alkyl halides is 3. The number of rotatable bonds is 2. The number of ketones is 1. The maximum Gasteiger partial charge on any atom is 0.416 e. The molecule has 0 amide bonds. The summed E-state index contributed by atoms with van der Waals surface area (Å²) in [7, 11) is 0. The molecule has 1 unspecified atom stereocenters. The van der Waals surface area contributed by atoms with Crippen LogP contribution in [0.2, 0.25) is 0 Å². The number of Topliss-reactive ketones (excluding diaryl/α,β-unsaturated/α-hetero) is 1. The zero-order valence-electron chi connectivity index (χ0n) is 8.96. The van der Waals surface area contributed by atoms with E-state index in [0.29, 0.717) is 25.2 Å². The highest BCUT2D eigenvalue weighted by atomic mass is 19.4. The first-order chi connectivity index (χ1) is 7.98. The van der Waals surface area contributed by atoms with Crippen LogP contribution in [-0.4, -0.2) is 19.0 Å². The van der Waals surface area contributed by atoms with Gasteiger partial charge in [-0.1, -0.05) is 12.1 Å². The second-order valence-electron chi connectivity index (χ2n) is 4.00. The summed E-state index contributed by atoms with van der Waals surface area (Å²) in [6.45, 7) is 0.900. The second kappa shape index (κ2) is 4.49. The smallest absolute Gasteiger partial charge is 0.381 e. The van der Waals surface area contributed by atoms with Crippen molar-refractivity contribution in [1.82, 2.24) is 0 Å². The van der Waals surface area contributed by atoms with E-state index in [1.807, 2.05) is 0 Å². The Morgan fingerprint density at radius 2 is 1.88 bits per heavy atom. The number of carbonyl (C=O) groups is 1. The molecule has 0 aromatic heterocycles. The van der Waals surface area contributed by atoms with E-state index in [4.69, 9.17) is 4.74 Å². The van der Waals surface area contributed by atoms with Crippen molar-refractivity contribution in [2.75, 3.05) is 13.2 Å². The molecule has 1 aromatic rings. The van der Waals surface area contributed by atoms with Crippen molar-refractivity contribution in [2.24, 2.45) is 5.92 Å². The number of ether oxygens (including phenoxy) is 1. The van der Waals surface area contributed by atoms with Gasteiger partial charge in [0.05, 0.1) is 12.2 Å². The number of benzene rings is 1. The molecular formula is C12H11F3O2. The van der Waals surface area contributed by atoms with Crippen molar-refractivity contribution >= 4 is 5.78 Å². The molecule has 0 bridgehead atoms. The Hall–Kier alpha value is -1.36. The number of hydrogen-bond acceptors (Lipinski definition) is 2. The maximum absolute atomic E-state index is 12.3. The molecule has 1 aliphatic rings. The van der Waals surface area contributed by atoms with Gasteiger partial charge >= 0.3 is 6.18 Å². The predicted molar refractivity (Wildman–Crippen MR) is 54.7 cm³/mol. The van der Waals surface area contributed by atoms with Crippen LogP contribution in [0.4, 0.5) is 13.2 Å². The Bertz CT molecular complexity index is 403. The zero-order valence-corrected chi connectivity index (χ0v) is 8.96. The minimum atomic E-state index is -4.36. The molecule has 0 aliphatic carbocycles. The van der Waals surface area contributed by atoms with E-state index in [1.54, 1.807) is 0 Å². The molecule has 0 radical (unpaired) electrons. The summed E-state index contributed by atoms with van der Waals surface area (Å²) in [5.74, 6) is -0.358. The monoisotopic (exact) mass is 244 g/mol. The van der Waals surface area contributed by atoms with E-state index < -0.39 is 11.7 Å². The van der Waals surface area contributed by atoms with Crippen LogP contribution < -0.4 is 0 Å². The standard InChI is InChI=1S/C12H11F3O2/c13-12(14,15)10-3-1-8(2-4-10)11(16)9-5-6-17-7-9/h1-4,9H,5-7H2. The third-order valence-corrected chi connectivity index (χ3v) is 2.80. The van der Waals surface area contributed by atoms with Gasteiger partial charge in [-0.2, -0.15) is 13.2 Å². The van der Waals surface area contributed by atoms with E-state index >= 15 is 0 Å². The van der Waals surface area contributed by atoms with Gasteiger partial charge in [-0.05, 0) is 18.6 Å². The molecular weight excluding hydrogens is 233 g/mol. The van der Waals surface area contributed by atoms with Gasteiger partial charge < -0.3 is 4.74 Å². The molecule has 1 heterocycles. The fourth-order valence-corrected chi connectivity index (χ4v) is 1.80. The van der Waals surface area contributed by atoms with Gasteiger partial charge in [-0.3, -0.25) is 4.79 Å². The van der Waals surface area contributed by atoms with Crippen molar-refractivity contribution in [3.05, 3.63) is 35.4 Å². The highest BCUT2D eigenvalue weighted by Gasteiger charge is 2.31. The van der Waals surface area contributed by atoms with Crippen molar-refractivity contribution < 1.29 is 22.7 Å². The van der Waals surface area contributed by atoms with E-state index in [1.165, 1.54) is 12.1 Å². The van der Waals surface area contributed by atoms with E-state index in [2.05, 4.69) is 0 Å². The first kappa shape index (κ1) is 12.1. The van der Waals surface area contributed by atoms with Crippen LogP contribution >= 0.6 is 0 Å². The van der Waals surface area contributed by atoms with Gasteiger partial charge in [0.1, 0.15) is 0 Å². The second-order valence-corrected chi connectivity index (χ2v) is 4.00. The van der Waals surface area contributed by atoms with Crippen LogP contribution in [0.1, 0.15) is 22.3 Å². The molecule has 2 nitrogen and oxygen atoms in total. The molecule has 5 heteroatoms. The Kier molecular flexibility index (Phi) is 3.19. The summed E-state index contributed by atoms with van der Waals surface area (Å²) in [4.78, 5) is 11.8. The molecule has 0 saturated carbocycles. The number of halogens is 3. The molecule has 1 atom stereocenters. The minimum absolute atomic E-state index is 0.142. The Balaban J connectivity index is 2.15. The summed E-state index contributed by atoms with van der Waals surface area (Å²) < 4.78 is 42.0. The first-order valence-electron chi connectivity index (χ1n) is 5.27. The topological polar surface area (TPSA) is 26.3 Å². The van der Waals surface area contributed by atoms with Crippen molar-refractivity contribution in [1.29, 1.82) is 0 Å². The maximum atomic E-state index is 12.3. The summed E-state index contributed by atoms with van der Waals surface area (Å²) in [5.41, 5.74) is -0.426. The van der Waals surface area contributed by atoms with Crippen molar-refractivity contribution in [3.63, 3.8) is 0 Å². The van der Waals surface area contributed by atoms with Gasteiger partial charge in [-0.15, -0.1) is 0 Å². The lowest BCUT2D eigenvalue weighted by molar-refractivity contribution is -0.137. The Morgan fingerprint density at radius 3 is 2.35 bits per heavy atom. The van der Waals surface area contributed by atoms with Gasteiger partial charge in [0.15, 0.2) is 5.78 Å². The fourth-order valence-electron chi connectivity index (χ4n) is 1.80. The van der Waals surface area contributed by atoms with Crippen LogP contribution in [-0.2, 0) is 10.9 Å². The zero-order chi connectivity index (χ0) is 12.5. The number of hydrogen-bond donors (Lipinski definition) is 0. The Morgan fingerprint density at radius 1 is 1.24 bits per heavy atom. The highest BCUT2D eigenvalue weighted by Crippen LogP contribution is 2.29. The third kappa shape index (κ3) is 2.66. The lowest BCUT2D eigenvalue weighted by Gasteiger charge is -2.09. The molecule has 92 valence electrons. The largest absolute Gasteiger partial charge is 0.416 e. The average molecular weight is 244 g/mol. The van der Waals surface area contributed by atoms with Crippen molar-refractivity contribution in [2.45, 2.75) is 12.6 Å². The van der Waals surface area contributed by atoms with Crippen LogP contribution in [0.15, 0.2) is 24.3 Å². The lowest BCUT2D eigenvalue weighted by Crippen LogP contribution is -2.15. The number of carbonyl (C=O) groups excluding carboxylic acids is 1. The summed E-state index contributed by atoms with van der Waals surface area (Å²) in [5, 5.41) is 0. The van der Waals surface area contributed by atoms with E-state index in [-0.39, 0.29) is 11.7 Å². The molecule has 2 rings (SSSR count). The van der Waals surface area contributed by atoms with E-state index in [0.717, 1.165) is 12.1 Å². The molecule has 1 aromatic carbocycles. The first-order valence-corrected chi connectivity index (χ1v) is 5.27. The normalized spacial score (nSPS) is 20.5. The van der Waals surface area contributed by atoms with Gasteiger partial charge in [0.2, 0.25) is 0 Å². The molecule has 1 saturated heterocycles. The van der Waals surface area contributed by atoms with Crippen LogP contribution in [0.3, 0.4) is 0 Å². The molecule has 1 fully saturated rings. The van der Waals surface area contributed by atoms with Crippen LogP contribution in [0, 0.1) is 5.92 Å². The predicted octanol–water partition coefficient (Wildman–Crippen LogP) is 2.92. The Labute approximate surface area is 96.4 Å². The summed E-state index contributed by atoms with van der Waals surface area (Å²) in [6.07, 6.45) is -3.72. The SMILES string of the molecule is O=C(c1ccc(C(F)(F)F)cc1)C1CCOC1. The summed E-state index contributed by atoms with van der Waals surface area (Å²) >= 11 is 0. The van der Waals surface area contributed by atoms with Crippen LogP contribution in [0.5, 0.6) is 0 Å². The molecule has 1 aliphatic heterocycles. The van der Waals surface area contributed by atoms with Crippen molar-refractivity contribution in [3.8, 4) is 0 Å². The van der Waals surface area contributed by atoms with Gasteiger partial charge in [0.25, 0.3) is 0 Å². The highest BCUT2D eigenvalue weighted by molar-refractivity contribution is 5.98. The summed E-state index contributed by atoms with van der Waals surface area (Å²) in [6, 6.07) is 4.32. The van der Waals surface area contributed by atoms with E-state index in [9.17, 15) is 18.0 Å². The third-order valence-electron chi connectivity index (χ3n) is 2.80. The average Bonchev–Trinajstić information content (AvgIpc) is 2.80. The lowest BCUT2D eigenvalue weighted by atomic mass is 9.96. The van der Waals surface area contributed by atoms with Crippen LogP contribution in [0.25, 0.3) is 0 Å². The van der Waals surface area contributed by atoms with Gasteiger partial charge in [-0.25, -0.2) is 0 Å². The molecule has 0 N–H and O–H groups in total.